The minimum atomic E-state index is -0.431. The Hall–Kier alpha value is -1.16. The zero-order valence-corrected chi connectivity index (χ0v) is 14.7. The molecule has 0 amide bonds. The predicted octanol–water partition coefficient (Wildman–Crippen LogP) is 3.92. The summed E-state index contributed by atoms with van der Waals surface area (Å²) < 4.78 is 6.02. The minimum absolute atomic E-state index is 0.150. The van der Waals surface area contributed by atoms with Crippen LogP contribution in [-0.4, -0.2) is 30.9 Å². The van der Waals surface area contributed by atoms with Crippen molar-refractivity contribution < 1.29 is 9.84 Å². The first-order chi connectivity index (χ1) is 11.8. The topological polar surface area (TPSA) is 41.5 Å². The summed E-state index contributed by atoms with van der Waals surface area (Å²) in [6.07, 6.45) is 11.8. The number of ether oxygens (including phenoxy) is 1. The van der Waals surface area contributed by atoms with E-state index < -0.39 is 6.10 Å². The van der Waals surface area contributed by atoms with E-state index in [4.69, 9.17) is 4.74 Å². The van der Waals surface area contributed by atoms with Crippen molar-refractivity contribution in [3.05, 3.63) is 47.0 Å². The van der Waals surface area contributed by atoms with Gasteiger partial charge in [0, 0.05) is 6.54 Å². The van der Waals surface area contributed by atoms with E-state index in [9.17, 15) is 5.11 Å². The van der Waals surface area contributed by atoms with Crippen LogP contribution < -0.4 is 5.32 Å². The van der Waals surface area contributed by atoms with E-state index in [1.165, 1.54) is 43.2 Å². The summed E-state index contributed by atoms with van der Waals surface area (Å²) in [7, 11) is 0. The molecule has 3 heteroatoms. The van der Waals surface area contributed by atoms with Gasteiger partial charge < -0.3 is 15.2 Å². The van der Waals surface area contributed by atoms with Crippen molar-refractivity contribution >= 4 is 0 Å². The van der Waals surface area contributed by atoms with E-state index >= 15 is 0 Å². The van der Waals surface area contributed by atoms with Gasteiger partial charge in [0.15, 0.2) is 0 Å². The van der Waals surface area contributed by atoms with Gasteiger partial charge in [0.05, 0.1) is 18.8 Å². The SMILES string of the molecule is O[C@@H](CNCCC1=CCCCC1)CO[C@H]1CCCc2ccccc21. The molecule has 2 aliphatic carbocycles. The van der Waals surface area contributed by atoms with Gasteiger partial charge in [-0.15, -0.1) is 0 Å². The second kappa shape index (κ2) is 9.36. The highest BCUT2D eigenvalue weighted by Crippen LogP contribution is 2.32. The van der Waals surface area contributed by atoms with Crippen LogP contribution in [0.2, 0.25) is 0 Å². The third kappa shape index (κ3) is 5.17. The maximum Gasteiger partial charge on any atom is 0.0897 e. The molecule has 0 radical (unpaired) electrons. The highest BCUT2D eigenvalue weighted by Gasteiger charge is 2.21. The van der Waals surface area contributed by atoms with E-state index in [1.54, 1.807) is 5.57 Å². The number of nitrogens with one attached hydrogen (secondary N) is 1. The number of aryl methyl sites for hydroxylation is 1. The smallest absolute Gasteiger partial charge is 0.0897 e. The Kier molecular flexibility index (Phi) is 6.88. The maximum atomic E-state index is 10.2. The molecule has 2 atom stereocenters. The first kappa shape index (κ1) is 17.7. The fraction of sp³-hybridized carbons (Fsp3) is 0.619. The zero-order chi connectivity index (χ0) is 16.6. The number of allylic oxidation sites excluding steroid dienone is 1. The average Bonchev–Trinajstić information content (AvgIpc) is 2.64. The van der Waals surface area contributed by atoms with Gasteiger partial charge in [-0.1, -0.05) is 35.9 Å². The Balaban J connectivity index is 1.34. The number of fused-ring (bicyclic) bond motifs is 1. The zero-order valence-electron chi connectivity index (χ0n) is 14.7. The largest absolute Gasteiger partial charge is 0.389 e. The molecule has 3 nitrogen and oxygen atoms in total. The van der Waals surface area contributed by atoms with Gasteiger partial charge in [-0.3, -0.25) is 0 Å². The molecule has 0 aromatic heterocycles. The number of hydrogen-bond acceptors (Lipinski definition) is 3. The van der Waals surface area contributed by atoms with Crippen molar-refractivity contribution in [3.63, 3.8) is 0 Å². The first-order valence-electron chi connectivity index (χ1n) is 9.59. The molecule has 2 N–H and O–H groups in total. The van der Waals surface area contributed by atoms with Gasteiger partial charge in [-0.2, -0.15) is 0 Å². The molecule has 24 heavy (non-hydrogen) atoms. The van der Waals surface area contributed by atoms with Crippen molar-refractivity contribution in [2.24, 2.45) is 0 Å². The first-order valence-corrected chi connectivity index (χ1v) is 9.59. The van der Waals surface area contributed by atoms with Crippen molar-refractivity contribution in [3.8, 4) is 0 Å². The summed E-state index contributed by atoms with van der Waals surface area (Å²) in [6, 6.07) is 8.55. The summed E-state index contributed by atoms with van der Waals surface area (Å²) in [4.78, 5) is 0. The number of aliphatic hydroxyl groups excluding tert-OH is 1. The van der Waals surface area contributed by atoms with Crippen LogP contribution >= 0.6 is 0 Å². The molecule has 0 aliphatic heterocycles. The highest BCUT2D eigenvalue weighted by atomic mass is 16.5. The number of hydrogen-bond donors (Lipinski definition) is 2. The number of aliphatic hydroxyl groups is 1. The molecular weight excluding hydrogens is 298 g/mol. The quantitative estimate of drug-likeness (QED) is 0.561. The van der Waals surface area contributed by atoms with Gasteiger partial charge in [0.2, 0.25) is 0 Å². The van der Waals surface area contributed by atoms with E-state index in [0.29, 0.717) is 13.2 Å². The lowest BCUT2D eigenvalue weighted by molar-refractivity contribution is -0.0166. The average molecular weight is 329 g/mol. The Morgan fingerprint density at radius 1 is 1.17 bits per heavy atom. The van der Waals surface area contributed by atoms with Crippen LogP contribution in [0.25, 0.3) is 0 Å². The Morgan fingerprint density at radius 2 is 2.08 bits per heavy atom. The lowest BCUT2D eigenvalue weighted by atomic mass is 9.89. The van der Waals surface area contributed by atoms with Crippen LogP contribution in [-0.2, 0) is 11.2 Å². The summed E-state index contributed by atoms with van der Waals surface area (Å²) in [5.41, 5.74) is 4.30. The van der Waals surface area contributed by atoms with E-state index in [2.05, 4.69) is 35.7 Å². The molecule has 132 valence electrons. The number of rotatable bonds is 8. The molecule has 0 saturated carbocycles. The third-order valence-electron chi connectivity index (χ3n) is 5.19. The molecule has 0 saturated heterocycles. The van der Waals surface area contributed by atoms with Gasteiger partial charge >= 0.3 is 0 Å². The summed E-state index contributed by atoms with van der Waals surface area (Å²) >= 11 is 0. The van der Waals surface area contributed by atoms with Crippen LogP contribution in [0.4, 0.5) is 0 Å². The molecule has 0 spiro atoms. The third-order valence-corrected chi connectivity index (χ3v) is 5.19. The maximum absolute atomic E-state index is 10.2. The van der Waals surface area contributed by atoms with E-state index in [-0.39, 0.29) is 6.10 Å². The molecule has 3 rings (SSSR count). The lowest BCUT2D eigenvalue weighted by Crippen LogP contribution is -2.32. The fourth-order valence-electron chi connectivity index (χ4n) is 3.82. The Morgan fingerprint density at radius 3 is 2.96 bits per heavy atom. The second-order valence-electron chi connectivity index (χ2n) is 7.13. The second-order valence-corrected chi connectivity index (χ2v) is 7.13. The van der Waals surface area contributed by atoms with Crippen LogP contribution in [0.5, 0.6) is 0 Å². The summed E-state index contributed by atoms with van der Waals surface area (Å²) in [5, 5.41) is 13.5. The molecule has 0 heterocycles. The van der Waals surface area contributed by atoms with Crippen LogP contribution in [0.15, 0.2) is 35.9 Å². The normalized spacial score (nSPS) is 21.9. The minimum Gasteiger partial charge on any atom is -0.389 e. The monoisotopic (exact) mass is 329 g/mol. The van der Waals surface area contributed by atoms with Crippen LogP contribution in [0, 0.1) is 0 Å². The summed E-state index contributed by atoms with van der Waals surface area (Å²) in [5.74, 6) is 0. The van der Waals surface area contributed by atoms with Gasteiger partial charge in [-0.05, 0) is 69.0 Å². The van der Waals surface area contributed by atoms with Crippen LogP contribution in [0.1, 0.15) is 62.2 Å². The standard InChI is InChI=1S/C21H31NO2/c23-19(15-22-14-13-17-7-2-1-3-8-17)16-24-21-12-6-10-18-9-4-5-11-20(18)21/h4-5,7,9,11,19,21-23H,1-3,6,8,10,12-16H2/t19-,21-/m0/s1. The fourth-order valence-corrected chi connectivity index (χ4v) is 3.82. The van der Waals surface area contributed by atoms with Crippen molar-refractivity contribution in [2.45, 2.75) is 63.6 Å². The summed E-state index contributed by atoms with van der Waals surface area (Å²) in [6.45, 7) is 1.98. The Labute approximate surface area is 146 Å². The number of benzene rings is 1. The lowest BCUT2D eigenvalue weighted by Gasteiger charge is -2.26. The molecule has 2 aliphatic rings. The van der Waals surface area contributed by atoms with Crippen LogP contribution in [0.3, 0.4) is 0 Å². The highest BCUT2D eigenvalue weighted by molar-refractivity contribution is 5.31. The molecule has 1 aromatic carbocycles. The molecule has 0 bridgehead atoms. The van der Waals surface area contributed by atoms with Crippen molar-refractivity contribution in [2.75, 3.05) is 19.7 Å². The molecule has 0 fully saturated rings. The molecule has 1 aromatic rings. The van der Waals surface area contributed by atoms with E-state index in [1.807, 2.05) is 0 Å². The predicted molar refractivity (Wildman–Crippen MR) is 98.1 cm³/mol. The molecular formula is C21H31NO2. The Bertz CT molecular complexity index is 540. The van der Waals surface area contributed by atoms with Gasteiger partial charge in [0.1, 0.15) is 0 Å². The van der Waals surface area contributed by atoms with Crippen molar-refractivity contribution in [1.82, 2.24) is 5.32 Å². The van der Waals surface area contributed by atoms with Gasteiger partial charge in [-0.25, -0.2) is 0 Å². The molecule has 0 unspecified atom stereocenters. The van der Waals surface area contributed by atoms with Crippen molar-refractivity contribution in [1.29, 1.82) is 0 Å². The van der Waals surface area contributed by atoms with E-state index in [0.717, 1.165) is 25.8 Å². The van der Waals surface area contributed by atoms with Gasteiger partial charge in [0.25, 0.3) is 0 Å².